The third-order valence-electron chi connectivity index (χ3n) is 3.26. The Morgan fingerprint density at radius 2 is 1.65 bits per heavy atom. The maximum Gasteiger partial charge on any atom is 0.241 e. The monoisotopic (exact) mass is 332 g/mol. The fourth-order valence-corrected chi connectivity index (χ4v) is 3.33. The van der Waals surface area contributed by atoms with Gasteiger partial charge in [-0.05, 0) is 18.1 Å². The Morgan fingerprint density at radius 3 is 2.35 bits per heavy atom. The predicted octanol–water partition coefficient (Wildman–Crippen LogP) is 2.16. The number of hydrogen-bond donors (Lipinski definition) is 2. The molecule has 23 heavy (non-hydrogen) atoms. The molecule has 2 aromatic rings. The van der Waals surface area contributed by atoms with E-state index in [9.17, 15) is 13.2 Å². The molecule has 0 saturated heterocycles. The zero-order valence-corrected chi connectivity index (χ0v) is 13.8. The van der Waals surface area contributed by atoms with Gasteiger partial charge in [-0.3, -0.25) is 4.79 Å². The Balaban J connectivity index is 2.22. The van der Waals surface area contributed by atoms with Gasteiger partial charge in [0.1, 0.15) is 0 Å². The lowest BCUT2D eigenvalue weighted by molar-refractivity contribution is -0.119. The van der Waals surface area contributed by atoms with Crippen molar-refractivity contribution in [2.24, 2.45) is 0 Å². The van der Waals surface area contributed by atoms with Crippen molar-refractivity contribution in [2.75, 3.05) is 13.1 Å². The van der Waals surface area contributed by atoms with Gasteiger partial charge in [0.15, 0.2) is 0 Å². The van der Waals surface area contributed by atoms with E-state index in [0.29, 0.717) is 12.1 Å². The van der Waals surface area contributed by atoms with Gasteiger partial charge in [-0.25, -0.2) is 13.1 Å². The van der Waals surface area contributed by atoms with Crippen LogP contribution < -0.4 is 10.0 Å². The second-order valence-corrected chi connectivity index (χ2v) is 6.77. The molecule has 2 rings (SSSR count). The van der Waals surface area contributed by atoms with E-state index in [1.807, 2.05) is 37.3 Å². The molecular formula is C17H20N2O3S. The second kappa shape index (κ2) is 7.89. The van der Waals surface area contributed by atoms with Gasteiger partial charge < -0.3 is 5.32 Å². The number of nitrogens with one attached hydrogen (secondary N) is 2. The summed E-state index contributed by atoms with van der Waals surface area (Å²) in [7, 11) is -3.77. The topological polar surface area (TPSA) is 75.3 Å². The van der Waals surface area contributed by atoms with Gasteiger partial charge in [-0.15, -0.1) is 0 Å². The van der Waals surface area contributed by atoms with Crippen molar-refractivity contribution >= 4 is 15.9 Å². The molecule has 0 radical (unpaired) electrons. The fraction of sp³-hybridized carbons (Fsp3) is 0.235. The molecule has 6 heteroatoms. The van der Waals surface area contributed by atoms with Crippen molar-refractivity contribution in [2.45, 2.75) is 18.2 Å². The Labute approximate surface area is 136 Å². The van der Waals surface area contributed by atoms with Gasteiger partial charge >= 0.3 is 0 Å². The van der Waals surface area contributed by atoms with Gasteiger partial charge in [0, 0.05) is 12.1 Å². The van der Waals surface area contributed by atoms with E-state index < -0.39 is 10.0 Å². The molecule has 2 aromatic carbocycles. The maximum atomic E-state index is 12.5. The summed E-state index contributed by atoms with van der Waals surface area (Å²) in [5.41, 5.74) is 1.42. The molecule has 0 unspecified atom stereocenters. The van der Waals surface area contributed by atoms with Crippen molar-refractivity contribution in [1.82, 2.24) is 10.0 Å². The molecule has 5 nitrogen and oxygen atoms in total. The minimum atomic E-state index is -3.77. The Kier molecular flexibility index (Phi) is 5.90. The first-order valence-corrected chi connectivity index (χ1v) is 8.93. The van der Waals surface area contributed by atoms with Crippen LogP contribution in [0.2, 0.25) is 0 Å². The Hall–Kier alpha value is -2.18. The molecule has 0 bridgehead atoms. The quantitative estimate of drug-likeness (QED) is 0.816. The summed E-state index contributed by atoms with van der Waals surface area (Å²) in [6.07, 6.45) is 0.801. The minimum Gasteiger partial charge on any atom is -0.355 e. The SMILES string of the molecule is CCCNC(=O)CNS(=O)(=O)c1ccccc1-c1ccccc1. The van der Waals surface area contributed by atoms with Crippen LogP contribution in [0, 0.1) is 0 Å². The van der Waals surface area contributed by atoms with Crippen molar-refractivity contribution in [3.63, 3.8) is 0 Å². The molecule has 0 aromatic heterocycles. The van der Waals surface area contributed by atoms with E-state index >= 15 is 0 Å². The standard InChI is InChI=1S/C17H20N2O3S/c1-2-12-18-17(20)13-19-23(21,22)16-11-7-6-10-15(16)14-8-4-3-5-9-14/h3-11,19H,2,12-13H2,1H3,(H,18,20). The number of amides is 1. The highest BCUT2D eigenvalue weighted by molar-refractivity contribution is 7.89. The van der Waals surface area contributed by atoms with Crippen LogP contribution in [0.15, 0.2) is 59.5 Å². The molecule has 0 aliphatic carbocycles. The van der Waals surface area contributed by atoms with E-state index in [1.165, 1.54) is 6.07 Å². The van der Waals surface area contributed by atoms with Gasteiger partial charge in [0.05, 0.1) is 11.4 Å². The molecule has 0 fully saturated rings. The lowest BCUT2D eigenvalue weighted by Gasteiger charge is -2.11. The summed E-state index contributed by atoms with van der Waals surface area (Å²) < 4.78 is 27.4. The molecule has 0 aliphatic heterocycles. The Bertz CT molecular complexity index is 758. The van der Waals surface area contributed by atoms with Gasteiger partial charge in [0.2, 0.25) is 15.9 Å². The normalized spacial score (nSPS) is 11.2. The summed E-state index contributed by atoms with van der Waals surface area (Å²) in [5.74, 6) is -0.340. The van der Waals surface area contributed by atoms with E-state index in [4.69, 9.17) is 0 Å². The number of carbonyl (C=O) groups is 1. The molecule has 0 heterocycles. The third kappa shape index (κ3) is 4.64. The van der Waals surface area contributed by atoms with Gasteiger partial charge in [-0.1, -0.05) is 55.5 Å². The van der Waals surface area contributed by atoms with Crippen LogP contribution >= 0.6 is 0 Å². The summed E-state index contributed by atoms with van der Waals surface area (Å²) >= 11 is 0. The first-order chi connectivity index (χ1) is 11.0. The van der Waals surface area contributed by atoms with Gasteiger partial charge in [-0.2, -0.15) is 0 Å². The molecule has 0 aliphatic rings. The summed E-state index contributed by atoms with van der Waals surface area (Å²) in [4.78, 5) is 11.8. The van der Waals surface area contributed by atoms with Crippen LogP contribution in [0.4, 0.5) is 0 Å². The Morgan fingerprint density at radius 1 is 1.00 bits per heavy atom. The first-order valence-electron chi connectivity index (χ1n) is 7.45. The van der Waals surface area contributed by atoms with E-state index in [0.717, 1.165) is 12.0 Å². The number of sulfonamides is 1. The minimum absolute atomic E-state index is 0.162. The number of hydrogen-bond acceptors (Lipinski definition) is 3. The second-order valence-electron chi connectivity index (χ2n) is 5.04. The molecular weight excluding hydrogens is 312 g/mol. The molecule has 1 amide bonds. The third-order valence-corrected chi connectivity index (χ3v) is 4.72. The largest absolute Gasteiger partial charge is 0.355 e. The van der Waals surface area contributed by atoms with Gasteiger partial charge in [0.25, 0.3) is 0 Å². The molecule has 0 saturated carbocycles. The van der Waals surface area contributed by atoms with Crippen molar-refractivity contribution < 1.29 is 13.2 Å². The zero-order chi connectivity index (χ0) is 16.7. The number of carbonyl (C=O) groups excluding carboxylic acids is 1. The summed E-state index contributed by atoms with van der Waals surface area (Å²) in [6, 6.07) is 16.0. The maximum absolute atomic E-state index is 12.5. The van der Waals surface area contributed by atoms with Crippen LogP contribution in [0.5, 0.6) is 0 Å². The van der Waals surface area contributed by atoms with Crippen LogP contribution in [0.3, 0.4) is 0 Å². The lowest BCUT2D eigenvalue weighted by Crippen LogP contribution is -2.37. The van der Waals surface area contributed by atoms with Crippen molar-refractivity contribution in [3.8, 4) is 11.1 Å². The number of rotatable bonds is 7. The average molecular weight is 332 g/mol. The van der Waals surface area contributed by atoms with E-state index in [2.05, 4.69) is 10.0 Å². The van der Waals surface area contributed by atoms with Crippen molar-refractivity contribution in [3.05, 3.63) is 54.6 Å². The van der Waals surface area contributed by atoms with Crippen LogP contribution in [-0.4, -0.2) is 27.4 Å². The molecule has 0 atom stereocenters. The molecule has 0 spiro atoms. The molecule has 122 valence electrons. The van der Waals surface area contributed by atoms with Crippen LogP contribution in [0.25, 0.3) is 11.1 Å². The van der Waals surface area contributed by atoms with Crippen LogP contribution in [0.1, 0.15) is 13.3 Å². The number of benzene rings is 2. The lowest BCUT2D eigenvalue weighted by atomic mass is 10.1. The highest BCUT2D eigenvalue weighted by Crippen LogP contribution is 2.26. The molecule has 2 N–H and O–H groups in total. The highest BCUT2D eigenvalue weighted by atomic mass is 32.2. The van der Waals surface area contributed by atoms with Crippen LogP contribution in [-0.2, 0) is 14.8 Å². The predicted molar refractivity (Wildman–Crippen MR) is 90.4 cm³/mol. The summed E-state index contributed by atoms with van der Waals surface area (Å²) in [6.45, 7) is 2.19. The van der Waals surface area contributed by atoms with E-state index in [-0.39, 0.29) is 17.3 Å². The smallest absolute Gasteiger partial charge is 0.241 e. The fourth-order valence-electron chi connectivity index (χ4n) is 2.12. The zero-order valence-electron chi connectivity index (χ0n) is 13.0. The average Bonchev–Trinajstić information content (AvgIpc) is 2.59. The first kappa shape index (κ1) is 17.2. The highest BCUT2D eigenvalue weighted by Gasteiger charge is 2.19. The van der Waals surface area contributed by atoms with E-state index in [1.54, 1.807) is 18.2 Å². The summed E-state index contributed by atoms with van der Waals surface area (Å²) in [5, 5.41) is 2.64. The van der Waals surface area contributed by atoms with Crippen molar-refractivity contribution in [1.29, 1.82) is 0 Å².